The van der Waals surface area contributed by atoms with E-state index in [2.05, 4.69) is 12.1 Å². The predicted molar refractivity (Wildman–Crippen MR) is 53.1 cm³/mol. The van der Waals surface area contributed by atoms with Crippen LogP contribution in [0.15, 0.2) is 24.3 Å². The lowest BCUT2D eigenvalue weighted by atomic mass is 10.1. The molecule has 70 valence electrons. The van der Waals surface area contributed by atoms with Crippen LogP contribution >= 0.6 is 0 Å². The summed E-state index contributed by atoms with van der Waals surface area (Å²) >= 11 is 0. The maximum Gasteiger partial charge on any atom is 0.0991 e. The molecule has 0 saturated carbocycles. The number of benzene rings is 1. The summed E-state index contributed by atoms with van der Waals surface area (Å²) in [5, 5.41) is 17.2. The van der Waals surface area contributed by atoms with Gasteiger partial charge in [-0.15, -0.1) is 0 Å². The molecule has 3 nitrogen and oxygen atoms in total. The first-order valence-electron chi connectivity index (χ1n) is 4.31. The highest BCUT2D eigenvalue weighted by Gasteiger charge is 1.99. The van der Waals surface area contributed by atoms with E-state index in [9.17, 15) is 0 Å². The van der Waals surface area contributed by atoms with E-state index in [-0.39, 0.29) is 0 Å². The number of hydrogen-bond donors (Lipinski definition) is 0. The SMILES string of the molecule is CN(CC#N)Cc1cccc(C#N)c1. The van der Waals surface area contributed by atoms with Crippen molar-refractivity contribution in [3.63, 3.8) is 0 Å². The maximum atomic E-state index is 8.68. The van der Waals surface area contributed by atoms with Crippen LogP contribution < -0.4 is 0 Å². The van der Waals surface area contributed by atoms with Crippen LogP contribution in [0.3, 0.4) is 0 Å². The van der Waals surface area contributed by atoms with E-state index in [1.807, 2.05) is 30.1 Å². The van der Waals surface area contributed by atoms with E-state index in [0.717, 1.165) is 5.56 Å². The van der Waals surface area contributed by atoms with Crippen molar-refractivity contribution >= 4 is 0 Å². The first-order valence-corrected chi connectivity index (χ1v) is 4.31. The van der Waals surface area contributed by atoms with Gasteiger partial charge < -0.3 is 0 Å². The van der Waals surface area contributed by atoms with Crippen LogP contribution in [-0.2, 0) is 6.54 Å². The van der Waals surface area contributed by atoms with Gasteiger partial charge in [-0.1, -0.05) is 12.1 Å². The summed E-state index contributed by atoms with van der Waals surface area (Å²) in [5.74, 6) is 0. The summed E-state index contributed by atoms with van der Waals surface area (Å²) in [6.07, 6.45) is 0. The fraction of sp³-hybridized carbons (Fsp3) is 0.273. The predicted octanol–water partition coefficient (Wildman–Crippen LogP) is 1.51. The van der Waals surface area contributed by atoms with Crippen molar-refractivity contribution in [1.29, 1.82) is 10.5 Å². The maximum absolute atomic E-state index is 8.68. The fourth-order valence-electron chi connectivity index (χ4n) is 1.23. The summed E-state index contributed by atoms with van der Waals surface area (Å²) in [6.45, 7) is 1.10. The molecule has 0 aliphatic rings. The second kappa shape index (κ2) is 5.01. The Labute approximate surface area is 83.8 Å². The number of nitriles is 2. The van der Waals surface area contributed by atoms with Gasteiger partial charge in [0, 0.05) is 6.54 Å². The molecule has 0 aliphatic heterocycles. The molecule has 14 heavy (non-hydrogen) atoms. The monoisotopic (exact) mass is 185 g/mol. The van der Waals surface area contributed by atoms with Crippen molar-refractivity contribution in [3.8, 4) is 12.1 Å². The summed E-state index contributed by atoms with van der Waals surface area (Å²) in [7, 11) is 1.88. The molecule has 0 saturated heterocycles. The van der Waals surface area contributed by atoms with E-state index in [1.54, 1.807) is 6.07 Å². The summed E-state index contributed by atoms with van der Waals surface area (Å²) in [4.78, 5) is 1.90. The molecule has 0 bridgehead atoms. The number of rotatable bonds is 3. The largest absolute Gasteiger partial charge is 0.289 e. The van der Waals surface area contributed by atoms with Crippen molar-refractivity contribution in [2.75, 3.05) is 13.6 Å². The zero-order valence-corrected chi connectivity index (χ0v) is 8.07. The fourth-order valence-corrected chi connectivity index (χ4v) is 1.23. The highest BCUT2D eigenvalue weighted by molar-refractivity contribution is 5.32. The van der Waals surface area contributed by atoms with Crippen molar-refractivity contribution < 1.29 is 0 Å². The van der Waals surface area contributed by atoms with E-state index < -0.39 is 0 Å². The Morgan fingerprint density at radius 2 is 2.14 bits per heavy atom. The first-order chi connectivity index (χ1) is 6.76. The minimum absolute atomic E-state index is 0.400. The topological polar surface area (TPSA) is 50.8 Å². The van der Waals surface area contributed by atoms with Gasteiger partial charge in [0.05, 0.1) is 24.2 Å². The first kappa shape index (κ1) is 10.2. The molecule has 0 amide bonds. The van der Waals surface area contributed by atoms with Gasteiger partial charge in [-0.3, -0.25) is 4.90 Å². The van der Waals surface area contributed by atoms with E-state index in [0.29, 0.717) is 18.7 Å². The quantitative estimate of drug-likeness (QED) is 0.671. The van der Waals surface area contributed by atoms with Gasteiger partial charge in [0.2, 0.25) is 0 Å². The molecule has 0 heterocycles. The van der Waals surface area contributed by atoms with Crippen LogP contribution in [0.5, 0.6) is 0 Å². The molecule has 3 heteroatoms. The van der Waals surface area contributed by atoms with Gasteiger partial charge in [-0.2, -0.15) is 10.5 Å². The van der Waals surface area contributed by atoms with Crippen molar-refractivity contribution in [3.05, 3.63) is 35.4 Å². The molecular weight excluding hydrogens is 174 g/mol. The Bertz CT molecular complexity index is 384. The molecule has 0 fully saturated rings. The Hall–Kier alpha value is -1.84. The van der Waals surface area contributed by atoms with Crippen molar-refractivity contribution in [1.82, 2.24) is 4.90 Å². The second-order valence-electron chi connectivity index (χ2n) is 3.14. The number of nitrogens with zero attached hydrogens (tertiary/aromatic N) is 3. The third kappa shape index (κ3) is 2.90. The molecule has 0 unspecified atom stereocenters. The molecule has 0 aromatic heterocycles. The van der Waals surface area contributed by atoms with Crippen LogP contribution in [0.1, 0.15) is 11.1 Å². The van der Waals surface area contributed by atoms with Gasteiger partial charge in [0.15, 0.2) is 0 Å². The molecule has 0 radical (unpaired) electrons. The summed E-state index contributed by atoms with van der Waals surface area (Å²) < 4.78 is 0. The highest BCUT2D eigenvalue weighted by atomic mass is 15.1. The molecule has 1 rings (SSSR count). The van der Waals surface area contributed by atoms with Gasteiger partial charge >= 0.3 is 0 Å². The van der Waals surface area contributed by atoms with Gasteiger partial charge in [-0.05, 0) is 24.7 Å². The minimum atomic E-state index is 0.400. The normalized spacial score (nSPS) is 9.43. The van der Waals surface area contributed by atoms with Gasteiger partial charge in [0.25, 0.3) is 0 Å². The standard InChI is InChI=1S/C11H11N3/c1-14(6-5-12)9-11-4-2-3-10(7-11)8-13/h2-4,7H,6,9H2,1H3. The Balaban J connectivity index is 2.69. The lowest BCUT2D eigenvalue weighted by Gasteiger charge is -2.11. The highest BCUT2D eigenvalue weighted by Crippen LogP contribution is 2.06. The van der Waals surface area contributed by atoms with Crippen molar-refractivity contribution in [2.24, 2.45) is 0 Å². The molecule has 0 atom stereocenters. The third-order valence-electron chi connectivity index (χ3n) is 1.85. The van der Waals surface area contributed by atoms with Crippen LogP contribution in [0.4, 0.5) is 0 Å². The molecule has 0 spiro atoms. The summed E-state index contributed by atoms with van der Waals surface area (Å²) in [6, 6.07) is 11.6. The summed E-state index contributed by atoms with van der Waals surface area (Å²) in [5.41, 5.74) is 1.72. The number of hydrogen-bond acceptors (Lipinski definition) is 3. The Morgan fingerprint density at radius 1 is 1.36 bits per heavy atom. The molecule has 0 aliphatic carbocycles. The zero-order chi connectivity index (χ0) is 10.4. The van der Waals surface area contributed by atoms with E-state index >= 15 is 0 Å². The minimum Gasteiger partial charge on any atom is -0.289 e. The Morgan fingerprint density at radius 3 is 2.79 bits per heavy atom. The van der Waals surface area contributed by atoms with E-state index in [4.69, 9.17) is 10.5 Å². The lowest BCUT2D eigenvalue weighted by molar-refractivity contribution is 0.367. The third-order valence-corrected chi connectivity index (χ3v) is 1.85. The molecule has 0 N–H and O–H groups in total. The molecular formula is C11H11N3. The Kier molecular flexibility index (Phi) is 3.67. The average Bonchev–Trinajstić information content (AvgIpc) is 2.18. The van der Waals surface area contributed by atoms with Crippen LogP contribution in [-0.4, -0.2) is 18.5 Å². The van der Waals surface area contributed by atoms with Crippen LogP contribution in [0, 0.1) is 22.7 Å². The molecule has 1 aromatic rings. The van der Waals surface area contributed by atoms with Gasteiger partial charge in [0.1, 0.15) is 0 Å². The zero-order valence-electron chi connectivity index (χ0n) is 8.07. The second-order valence-corrected chi connectivity index (χ2v) is 3.14. The smallest absolute Gasteiger partial charge is 0.0991 e. The van der Waals surface area contributed by atoms with Crippen molar-refractivity contribution in [2.45, 2.75) is 6.54 Å². The van der Waals surface area contributed by atoms with Crippen LogP contribution in [0.25, 0.3) is 0 Å². The lowest BCUT2D eigenvalue weighted by Crippen LogP contribution is -2.17. The molecule has 1 aromatic carbocycles. The average molecular weight is 185 g/mol. The van der Waals surface area contributed by atoms with Gasteiger partial charge in [-0.25, -0.2) is 0 Å². The van der Waals surface area contributed by atoms with Crippen LogP contribution in [0.2, 0.25) is 0 Å². The van der Waals surface area contributed by atoms with E-state index in [1.165, 1.54) is 0 Å².